The van der Waals surface area contributed by atoms with Gasteiger partial charge in [-0.25, -0.2) is 4.39 Å². The van der Waals surface area contributed by atoms with Gasteiger partial charge in [0, 0.05) is 24.5 Å². The molecule has 0 saturated carbocycles. The third kappa shape index (κ3) is 2.56. The molecular weight excluding hydrogens is 211 g/mol. The number of thioether (sulfide) groups is 1. The molecule has 1 heterocycles. The highest BCUT2D eigenvalue weighted by Crippen LogP contribution is 2.23. The molecule has 0 radical (unpaired) electrons. The second kappa shape index (κ2) is 4.75. The largest absolute Gasteiger partial charge is 0.399 e. The molecule has 1 aliphatic heterocycles. The molecule has 0 atom stereocenters. The van der Waals surface area contributed by atoms with Gasteiger partial charge in [0.15, 0.2) is 0 Å². The first-order valence-electron chi connectivity index (χ1n) is 5.15. The molecule has 0 spiro atoms. The number of nitrogens with zero attached hydrogens (tertiary/aromatic N) is 1. The van der Waals surface area contributed by atoms with E-state index in [0.29, 0.717) is 11.4 Å². The highest BCUT2D eigenvalue weighted by Gasteiger charge is 2.13. The smallest absolute Gasteiger partial charge is 0.148 e. The van der Waals surface area contributed by atoms with Crippen molar-refractivity contribution in [1.82, 2.24) is 0 Å². The lowest BCUT2D eigenvalue weighted by molar-refractivity contribution is 0.619. The summed E-state index contributed by atoms with van der Waals surface area (Å²) in [6.07, 6.45) is 1.12. The van der Waals surface area contributed by atoms with Gasteiger partial charge < -0.3 is 10.6 Å². The summed E-state index contributed by atoms with van der Waals surface area (Å²) in [5.74, 6) is 2.04. The van der Waals surface area contributed by atoms with Crippen molar-refractivity contribution >= 4 is 23.1 Å². The van der Waals surface area contributed by atoms with Crippen LogP contribution in [0.15, 0.2) is 18.2 Å². The van der Waals surface area contributed by atoms with Gasteiger partial charge in [-0.1, -0.05) is 0 Å². The molecule has 0 aromatic heterocycles. The molecule has 4 heteroatoms. The molecule has 15 heavy (non-hydrogen) atoms. The number of nitrogen functional groups attached to an aromatic ring is 1. The number of rotatable bonds is 1. The quantitative estimate of drug-likeness (QED) is 0.745. The molecule has 82 valence electrons. The number of halogens is 1. The zero-order valence-electron chi connectivity index (χ0n) is 8.58. The lowest BCUT2D eigenvalue weighted by Gasteiger charge is -2.22. The monoisotopic (exact) mass is 226 g/mol. The Labute approximate surface area is 93.6 Å². The Bertz CT molecular complexity index is 335. The Morgan fingerprint density at radius 1 is 1.27 bits per heavy atom. The molecule has 2 N–H and O–H groups in total. The van der Waals surface area contributed by atoms with E-state index >= 15 is 0 Å². The van der Waals surface area contributed by atoms with Crippen LogP contribution in [0.3, 0.4) is 0 Å². The summed E-state index contributed by atoms with van der Waals surface area (Å²) in [7, 11) is 0. The van der Waals surface area contributed by atoms with Crippen LogP contribution < -0.4 is 10.6 Å². The average Bonchev–Trinajstić information content (AvgIpc) is 2.46. The first kappa shape index (κ1) is 10.6. The zero-order chi connectivity index (χ0) is 10.7. The lowest BCUT2D eigenvalue weighted by atomic mass is 10.2. The maximum absolute atomic E-state index is 13.6. The summed E-state index contributed by atoms with van der Waals surface area (Å²) >= 11 is 1.93. The highest BCUT2D eigenvalue weighted by atomic mass is 32.2. The molecule has 1 aromatic carbocycles. The van der Waals surface area contributed by atoms with Crippen LogP contribution in [0.4, 0.5) is 15.8 Å². The van der Waals surface area contributed by atoms with Gasteiger partial charge in [-0.2, -0.15) is 11.8 Å². The van der Waals surface area contributed by atoms with Crippen LogP contribution in [-0.2, 0) is 0 Å². The van der Waals surface area contributed by atoms with Crippen LogP contribution in [-0.4, -0.2) is 24.6 Å². The first-order chi connectivity index (χ1) is 7.27. The van der Waals surface area contributed by atoms with E-state index in [4.69, 9.17) is 5.73 Å². The Hall–Kier alpha value is -0.900. The van der Waals surface area contributed by atoms with Gasteiger partial charge in [-0.05, 0) is 30.4 Å². The van der Waals surface area contributed by atoms with Crippen LogP contribution in [0.5, 0.6) is 0 Å². The predicted molar refractivity (Wildman–Crippen MR) is 65.0 cm³/mol. The van der Waals surface area contributed by atoms with Crippen molar-refractivity contribution < 1.29 is 4.39 Å². The molecule has 2 rings (SSSR count). The summed E-state index contributed by atoms with van der Waals surface area (Å²) < 4.78 is 13.6. The maximum atomic E-state index is 13.6. The Morgan fingerprint density at radius 3 is 2.93 bits per heavy atom. The molecule has 0 amide bonds. The minimum atomic E-state index is -0.207. The zero-order valence-corrected chi connectivity index (χ0v) is 9.39. The first-order valence-corrected chi connectivity index (χ1v) is 6.30. The normalized spacial score (nSPS) is 17.5. The van der Waals surface area contributed by atoms with E-state index < -0.39 is 0 Å². The van der Waals surface area contributed by atoms with Gasteiger partial charge in [0.05, 0.1) is 5.69 Å². The van der Waals surface area contributed by atoms with Crippen LogP contribution in [0.2, 0.25) is 0 Å². The summed E-state index contributed by atoms with van der Waals surface area (Å²) in [5, 5.41) is 0. The number of anilines is 2. The molecular formula is C11H15FN2S. The van der Waals surface area contributed by atoms with E-state index in [0.717, 1.165) is 25.3 Å². The standard InChI is InChI=1S/C11H15FN2S/c12-10-8-9(13)2-3-11(10)14-4-1-6-15-7-5-14/h2-3,8H,1,4-7,13H2. The van der Waals surface area contributed by atoms with E-state index in [2.05, 4.69) is 4.90 Å². The van der Waals surface area contributed by atoms with Crippen molar-refractivity contribution in [3.63, 3.8) is 0 Å². The van der Waals surface area contributed by atoms with E-state index in [-0.39, 0.29) is 5.82 Å². The minimum absolute atomic E-state index is 0.207. The van der Waals surface area contributed by atoms with Gasteiger partial charge in [0.1, 0.15) is 5.82 Å². The fourth-order valence-electron chi connectivity index (χ4n) is 1.77. The summed E-state index contributed by atoms with van der Waals surface area (Å²) in [6.45, 7) is 1.86. The summed E-state index contributed by atoms with van der Waals surface area (Å²) in [4.78, 5) is 2.11. The maximum Gasteiger partial charge on any atom is 0.148 e. The molecule has 0 aliphatic carbocycles. The van der Waals surface area contributed by atoms with Crippen molar-refractivity contribution in [2.75, 3.05) is 35.2 Å². The Balaban J connectivity index is 2.19. The van der Waals surface area contributed by atoms with Crippen molar-refractivity contribution in [2.45, 2.75) is 6.42 Å². The van der Waals surface area contributed by atoms with Gasteiger partial charge >= 0.3 is 0 Å². The predicted octanol–water partition coefficient (Wildman–Crippen LogP) is 2.35. The molecule has 1 saturated heterocycles. The minimum Gasteiger partial charge on any atom is -0.399 e. The lowest BCUT2D eigenvalue weighted by Crippen LogP contribution is -2.26. The van der Waals surface area contributed by atoms with E-state index in [1.165, 1.54) is 11.8 Å². The van der Waals surface area contributed by atoms with Crippen molar-refractivity contribution in [3.8, 4) is 0 Å². The third-order valence-corrected chi connectivity index (χ3v) is 3.58. The summed E-state index contributed by atoms with van der Waals surface area (Å²) in [6, 6.07) is 4.93. The van der Waals surface area contributed by atoms with Gasteiger partial charge in [0.25, 0.3) is 0 Å². The van der Waals surface area contributed by atoms with E-state index in [1.54, 1.807) is 12.1 Å². The van der Waals surface area contributed by atoms with E-state index in [9.17, 15) is 4.39 Å². The van der Waals surface area contributed by atoms with Gasteiger partial charge in [0.2, 0.25) is 0 Å². The highest BCUT2D eigenvalue weighted by molar-refractivity contribution is 7.99. The van der Waals surface area contributed by atoms with Crippen LogP contribution >= 0.6 is 11.8 Å². The molecule has 1 fully saturated rings. The van der Waals surface area contributed by atoms with Crippen LogP contribution in [0.1, 0.15) is 6.42 Å². The van der Waals surface area contributed by atoms with E-state index in [1.807, 2.05) is 11.8 Å². The van der Waals surface area contributed by atoms with Gasteiger partial charge in [-0.3, -0.25) is 0 Å². The van der Waals surface area contributed by atoms with Gasteiger partial charge in [-0.15, -0.1) is 0 Å². The number of hydrogen-bond donors (Lipinski definition) is 1. The molecule has 1 aromatic rings. The SMILES string of the molecule is Nc1ccc(N2CCCSCC2)c(F)c1. The summed E-state index contributed by atoms with van der Waals surface area (Å²) in [5.41, 5.74) is 6.70. The fraction of sp³-hybridized carbons (Fsp3) is 0.455. The third-order valence-electron chi connectivity index (χ3n) is 2.53. The number of hydrogen-bond acceptors (Lipinski definition) is 3. The second-order valence-corrected chi connectivity index (χ2v) is 4.89. The number of nitrogens with two attached hydrogens (primary N) is 1. The number of benzene rings is 1. The fourth-order valence-corrected chi connectivity index (χ4v) is 2.65. The second-order valence-electron chi connectivity index (χ2n) is 3.66. The molecule has 0 unspecified atom stereocenters. The molecule has 0 bridgehead atoms. The van der Waals surface area contributed by atoms with Crippen LogP contribution in [0.25, 0.3) is 0 Å². The molecule has 2 nitrogen and oxygen atoms in total. The Morgan fingerprint density at radius 2 is 2.13 bits per heavy atom. The van der Waals surface area contributed by atoms with Crippen LogP contribution in [0, 0.1) is 5.82 Å². The van der Waals surface area contributed by atoms with Crippen molar-refractivity contribution in [2.24, 2.45) is 0 Å². The topological polar surface area (TPSA) is 29.3 Å². The van der Waals surface area contributed by atoms with Crippen molar-refractivity contribution in [1.29, 1.82) is 0 Å². The Kier molecular flexibility index (Phi) is 3.36. The average molecular weight is 226 g/mol. The molecule has 1 aliphatic rings. The van der Waals surface area contributed by atoms with Crippen molar-refractivity contribution in [3.05, 3.63) is 24.0 Å².